The first-order valence-corrected chi connectivity index (χ1v) is 23.1. The van der Waals surface area contributed by atoms with E-state index in [1.807, 2.05) is 6.08 Å². The third-order valence-corrected chi connectivity index (χ3v) is 11.3. The van der Waals surface area contributed by atoms with Gasteiger partial charge in [0.15, 0.2) is 0 Å². The smallest absolute Gasteiger partial charge is 0.299 e. The fourth-order valence-corrected chi connectivity index (χ4v) is 7.84. The van der Waals surface area contributed by atoms with Gasteiger partial charge in [-0.1, -0.05) is 249 Å². The molecule has 0 heterocycles. The number of hydrogen-bond donors (Lipinski definition) is 0. The van der Waals surface area contributed by atoms with Crippen molar-refractivity contribution in [3.8, 4) is 0 Å². The number of benzene rings is 2. The van der Waals surface area contributed by atoms with Crippen LogP contribution in [0.3, 0.4) is 0 Å². The number of unbranched alkanes of at least 4 members (excludes halogenated alkanes) is 29. The Kier molecular flexibility index (Phi) is 30.8. The average Bonchev–Trinajstić information content (AvgIpc) is 3.18. The Hall–Kier alpha value is -2.66. The minimum atomic E-state index is 1.13. The van der Waals surface area contributed by atoms with Crippen molar-refractivity contribution in [2.45, 2.75) is 226 Å². The second kappa shape index (κ2) is 35.1. The van der Waals surface area contributed by atoms with E-state index in [9.17, 15) is 0 Å². The van der Waals surface area contributed by atoms with Gasteiger partial charge in [-0.05, 0) is 59.6 Å². The molecule has 0 unspecified atom stereocenters. The average molecular weight is 723 g/mol. The number of allylic oxidation sites excluding steroid dienone is 2. The van der Waals surface area contributed by atoms with E-state index in [0.29, 0.717) is 0 Å². The standard InChI is InChI=1S/C51H82N2/c1-3-5-7-9-10-11-12-13-14-15-16-17-18-19-20-21-22-23-24-25-26-27-28-29-30-31-33-37-48-38-34-39-50(46-48)51(40-35-45-53-52)49-43-41-47(42-44-49)36-32-8-6-4-2/h34-35,38-44,46H,3-33,36-37H2,1-2H3. The molecule has 2 aromatic carbocycles. The van der Waals surface area contributed by atoms with Gasteiger partial charge in [0.05, 0.1) is 6.08 Å². The first-order chi connectivity index (χ1) is 26.3. The molecule has 2 aromatic rings. The Bertz CT molecular complexity index is 1230. The number of hydrogen-bond acceptors (Lipinski definition) is 0. The first kappa shape index (κ1) is 46.5. The zero-order chi connectivity index (χ0) is 37.7. The van der Waals surface area contributed by atoms with Crippen molar-refractivity contribution in [3.05, 3.63) is 88.5 Å². The minimum Gasteiger partial charge on any atom is -0.348 e. The molecule has 0 fully saturated rings. The van der Waals surface area contributed by atoms with Crippen LogP contribution in [0, 0.1) is 0 Å². The molecule has 0 aliphatic rings. The van der Waals surface area contributed by atoms with E-state index >= 15 is 0 Å². The molecule has 2 rings (SSSR count). The summed E-state index contributed by atoms with van der Waals surface area (Å²) in [4.78, 5) is 3.05. The highest BCUT2D eigenvalue weighted by Gasteiger charge is 2.07. The van der Waals surface area contributed by atoms with Gasteiger partial charge in [-0.2, -0.15) is 0 Å². The molecule has 53 heavy (non-hydrogen) atoms. The van der Waals surface area contributed by atoms with Crippen molar-refractivity contribution in [3.63, 3.8) is 0 Å². The van der Waals surface area contributed by atoms with Crippen molar-refractivity contribution in [2.24, 2.45) is 0 Å². The summed E-state index contributed by atoms with van der Waals surface area (Å²) in [6.45, 7) is 4.57. The van der Waals surface area contributed by atoms with Crippen LogP contribution in [0.5, 0.6) is 0 Å². The lowest BCUT2D eigenvalue weighted by Crippen LogP contribution is -1.93. The van der Waals surface area contributed by atoms with Crippen LogP contribution in [-0.4, -0.2) is 10.7 Å². The maximum atomic E-state index is 8.89. The summed E-state index contributed by atoms with van der Waals surface area (Å²) in [5, 5.41) is 0. The molecule has 0 aliphatic heterocycles. The highest BCUT2D eigenvalue weighted by Crippen LogP contribution is 2.26. The lowest BCUT2D eigenvalue weighted by atomic mass is 9.93. The highest BCUT2D eigenvalue weighted by atomic mass is 14.8. The maximum absolute atomic E-state index is 8.89. The zero-order valence-electron chi connectivity index (χ0n) is 35.0. The van der Waals surface area contributed by atoms with Crippen molar-refractivity contribution in [1.82, 2.24) is 0 Å². The molecule has 0 aromatic heterocycles. The second-order valence-corrected chi connectivity index (χ2v) is 16.1. The molecule has 0 aliphatic carbocycles. The number of nitrogens with zero attached hydrogens (tertiary/aromatic N) is 2. The minimum absolute atomic E-state index is 1.13. The van der Waals surface area contributed by atoms with Crippen molar-refractivity contribution >= 4 is 11.4 Å². The lowest BCUT2D eigenvalue weighted by Gasteiger charge is -2.11. The molecule has 0 amide bonds. The molecule has 296 valence electrons. The van der Waals surface area contributed by atoms with Gasteiger partial charge in [0, 0.05) is 0 Å². The van der Waals surface area contributed by atoms with E-state index < -0.39 is 0 Å². The number of rotatable bonds is 36. The van der Waals surface area contributed by atoms with Crippen LogP contribution in [-0.2, 0) is 12.8 Å². The van der Waals surface area contributed by atoms with Gasteiger partial charge in [0.1, 0.15) is 0 Å². The second-order valence-electron chi connectivity index (χ2n) is 16.1. The van der Waals surface area contributed by atoms with E-state index in [4.69, 9.17) is 5.53 Å². The summed E-state index contributed by atoms with van der Waals surface area (Å²) in [6.07, 6.45) is 49.9. The summed E-state index contributed by atoms with van der Waals surface area (Å²) >= 11 is 0. The summed E-state index contributed by atoms with van der Waals surface area (Å²) in [6, 6.07) is 18.0. The fraction of sp³-hybridized carbons (Fsp3) is 0.686. The predicted molar refractivity (Wildman–Crippen MR) is 235 cm³/mol. The van der Waals surface area contributed by atoms with Crippen molar-refractivity contribution in [1.29, 1.82) is 0 Å². The van der Waals surface area contributed by atoms with Gasteiger partial charge in [-0.15, -0.1) is 4.79 Å². The van der Waals surface area contributed by atoms with E-state index in [0.717, 1.165) is 18.4 Å². The normalized spacial score (nSPS) is 11.5. The topological polar surface area (TPSA) is 36.4 Å². The van der Waals surface area contributed by atoms with Gasteiger partial charge in [-0.3, -0.25) is 0 Å². The molecule has 2 heteroatoms. The van der Waals surface area contributed by atoms with Gasteiger partial charge in [-0.25, -0.2) is 0 Å². The van der Waals surface area contributed by atoms with E-state index in [1.54, 1.807) is 6.08 Å². The van der Waals surface area contributed by atoms with Crippen LogP contribution in [0.1, 0.15) is 235 Å². The summed E-state index contributed by atoms with van der Waals surface area (Å²) < 4.78 is 0. The quantitative estimate of drug-likeness (QED) is 0.0221. The molecule has 0 spiro atoms. The Morgan fingerprint density at radius 2 is 0.830 bits per heavy atom. The van der Waals surface area contributed by atoms with Gasteiger partial charge in [0.25, 0.3) is 5.87 Å². The molecule has 0 saturated heterocycles. The van der Waals surface area contributed by atoms with Crippen LogP contribution < -0.4 is 0 Å². The summed E-state index contributed by atoms with van der Waals surface area (Å²) in [7, 11) is 0. The summed E-state index contributed by atoms with van der Waals surface area (Å²) in [5.41, 5.74) is 15.2. The van der Waals surface area contributed by atoms with Crippen LogP contribution >= 0.6 is 0 Å². The Morgan fingerprint density at radius 1 is 0.453 bits per heavy atom. The predicted octanol–water partition coefficient (Wildman–Crippen LogP) is 16.8. The molecule has 0 bridgehead atoms. The fourth-order valence-electron chi connectivity index (χ4n) is 7.84. The molecule has 0 radical (unpaired) electrons. The molecule has 0 atom stereocenters. The van der Waals surface area contributed by atoms with E-state index in [-0.39, 0.29) is 0 Å². The largest absolute Gasteiger partial charge is 0.348 e. The molecular weight excluding hydrogens is 641 g/mol. The Morgan fingerprint density at radius 3 is 1.25 bits per heavy atom. The third-order valence-electron chi connectivity index (χ3n) is 11.3. The molecule has 0 N–H and O–H groups in total. The monoisotopic (exact) mass is 723 g/mol. The van der Waals surface area contributed by atoms with Crippen molar-refractivity contribution < 1.29 is 4.79 Å². The molecule has 2 nitrogen and oxygen atoms in total. The van der Waals surface area contributed by atoms with E-state index in [1.165, 1.54) is 221 Å². The van der Waals surface area contributed by atoms with Gasteiger partial charge >= 0.3 is 0 Å². The lowest BCUT2D eigenvalue weighted by molar-refractivity contribution is 0.00805. The Balaban J connectivity index is 1.45. The van der Waals surface area contributed by atoms with Crippen LogP contribution in [0.25, 0.3) is 11.1 Å². The summed E-state index contributed by atoms with van der Waals surface area (Å²) in [5.74, 6) is 2.56. The zero-order valence-corrected chi connectivity index (χ0v) is 35.0. The Labute approximate surface area is 329 Å². The SMILES string of the molecule is CCCCCCCCCCCCCCCCCCCCCCCCCCCCCc1cccc(C(=CC=C=[N+]=[N-])c2ccc(CCCCCC)cc2)c1. The highest BCUT2D eigenvalue weighted by molar-refractivity contribution is 5.82. The number of aryl methyl sites for hydroxylation is 2. The van der Waals surface area contributed by atoms with Gasteiger partial charge < -0.3 is 5.53 Å². The van der Waals surface area contributed by atoms with Gasteiger partial charge in [0.2, 0.25) is 0 Å². The first-order valence-electron chi connectivity index (χ1n) is 23.1. The molecular formula is C51H82N2. The van der Waals surface area contributed by atoms with E-state index in [2.05, 4.69) is 73.0 Å². The molecule has 0 saturated carbocycles. The van der Waals surface area contributed by atoms with Crippen LogP contribution in [0.15, 0.2) is 60.7 Å². The van der Waals surface area contributed by atoms with Crippen LogP contribution in [0.2, 0.25) is 0 Å². The van der Waals surface area contributed by atoms with Crippen molar-refractivity contribution in [2.75, 3.05) is 0 Å². The van der Waals surface area contributed by atoms with Crippen LogP contribution in [0.4, 0.5) is 0 Å². The third kappa shape index (κ3) is 25.9. The maximum Gasteiger partial charge on any atom is 0.299 e.